The van der Waals surface area contributed by atoms with E-state index in [9.17, 15) is 14.5 Å². The number of hydrogen-bond donors (Lipinski definition) is 1. The van der Waals surface area contributed by atoms with Crippen LogP contribution < -0.4 is 10.2 Å². The van der Waals surface area contributed by atoms with E-state index in [1.165, 1.54) is 24.3 Å². The lowest BCUT2D eigenvalue weighted by molar-refractivity contribution is -0.384. The Morgan fingerprint density at radius 2 is 2.00 bits per heavy atom. The molecule has 22 heavy (non-hydrogen) atoms. The average molecular weight is 301 g/mol. The van der Waals surface area contributed by atoms with Gasteiger partial charge in [0.2, 0.25) is 0 Å². The van der Waals surface area contributed by atoms with Gasteiger partial charge in [-0.1, -0.05) is 0 Å². The summed E-state index contributed by atoms with van der Waals surface area (Å²) < 4.78 is 18.8. The summed E-state index contributed by atoms with van der Waals surface area (Å²) >= 11 is 0. The SMILES string of the molecule is O=[N+]([O-])c1ccc(NN=C2CCOc3ccc(F)cc32)cc1. The van der Waals surface area contributed by atoms with Crippen molar-refractivity contribution in [3.05, 3.63) is 64.0 Å². The minimum Gasteiger partial charge on any atom is -0.492 e. The van der Waals surface area contributed by atoms with E-state index in [2.05, 4.69) is 10.5 Å². The molecule has 0 amide bonds. The van der Waals surface area contributed by atoms with Crippen molar-refractivity contribution >= 4 is 17.1 Å². The van der Waals surface area contributed by atoms with Crippen molar-refractivity contribution in [1.82, 2.24) is 0 Å². The molecule has 6 nitrogen and oxygen atoms in total. The van der Waals surface area contributed by atoms with Crippen LogP contribution in [0.15, 0.2) is 47.6 Å². The Morgan fingerprint density at radius 1 is 1.23 bits per heavy atom. The third kappa shape index (κ3) is 2.88. The zero-order valence-corrected chi connectivity index (χ0v) is 11.5. The maximum absolute atomic E-state index is 13.4. The number of nitrogens with zero attached hydrogens (tertiary/aromatic N) is 2. The molecule has 0 saturated heterocycles. The summed E-state index contributed by atoms with van der Waals surface area (Å²) in [6.45, 7) is 0.472. The topological polar surface area (TPSA) is 76.8 Å². The molecule has 0 spiro atoms. The maximum atomic E-state index is 13.4. The highest BCUT2D eigenvalue weighted by atomic mass is 19.1. The molecule has 0 bridgehead atoms. The minimum absolute atomic E-state index is 0.0108. The molecule has 1 N–H and O–H groups in total. The zero-order valence-electron chi connectivity index (χ0n) is 11.5. The predicted octanol–water partition coefficient (Wildman–Crippen LogP) is 3.33. The van der Waals surface area contributed by atoms with Gasteiger partial charge in [0.1, 0.15) is 11.6 Å². The molecule has 0 fully saturated rings. The van der Waals surface area contributed by atoms with Gasteiger partial charge in [-0.2, -0.15) is 5.10 Å². The number of nitro benzene ring substituents is 1. The molecule has 0 aromatic heterocycles. The zero-order chi connectivity index (χ0) is 15.5. The number of benzene rings is 2. The smallest absolute Gasteiger partial charge is 0.269 e. The van der Waals surface area contributed by atoms with Crippen LogP contribution in [0.4, 0.5) is 15.8 Å². The van der Waals surface area contributed by atoms with Crippen molar-refractivity contribution in [3.8, 4) is 5.75 Å². The van der Waals surface area contributed by atoms with Crippen molar-refractivity contribution in [2.75, 3.05) is 12.0 Å². The predicted molar refractivity (Wildman–Crippen MR) is 79.8 cm³/mol. The van der Waals surface area contributed by atoms with Crippen LogP contribution >= 0.6 is 0 Å². The van der Waals surface area contributed by atoms with E-state index >= 15 is 0 Å². The van der Waals surface area contributed by atoms with E-state index in [1.54, 1.807) is 18.2 Å². The Morgan fingerprint density at radius 3 is 2.73 bits per heavy atom. The van der Waals surface area contributed by atoms with Gasteiger partial charge in [-0.15, -0.1) is 0 Å². The number of hydrogen-bond acceptors (Lipinski definition) is 5. The molecule has 0 aliphatic carbocycles. The molecule has 0 atom stereocenters. The lowest BCUT2D eigenvalue weighted by Crippen LogP contribution is -2.17. The van der Waals surface area contributed by atoms with Gasteiger partial charge in [0.25, 0.3) is 5.69 Å². The number of fused-ring (bicyclic) bond motifs is 1. The molecule has 7 heteroatoms. The summed E-state index contributed by atoms with van der Waals surface area (Å²) in [5.41, 5.74) is 4.74. The molecule has 0 unspecified atom stereocenters. The maximum Gasteiger partial charge on any atom is 0.269 e. The number of nitro groups is 1. The van der Waals surface area contributed by atoms with Crippen LogP contribution in [-0.2, 0) is 0 Å². The van der Waals surface area contributed by atoms with E-state index in [0.717, 1.165) is 0 Å². The molecule has 2 aromatic rings. The van der Waals surface area contributed by atoms with Gasteiger partial charge >= 0.3 is 0 Å². The van der Waals surface area contributed by atoms with Gasteiger partial charge in [0.15, 0.2) is 0 Å². The molecule has 1 aliphatic heterocycles. The molecule has 1 heterocycles. The van der Waals surface area contributed by atoms with Gasteiger partial charge in [0.05, 0.1) is 22.9 Å². The first-order chi connectivity index (χ1) is 10.6. The molecule has 2 aromatic carbocycles. The van der Waals surface area contributed by atoms with Crippen LogP contribution in [0.25, 0.3) is 0 Å². The third-order valence-electron chi connectivity index (χ3n) is 3.25. The van der Waals surface area contributed by atoms with E-state index in [-0.39, 0.29) is 11.5 Å². The molecule has 112 valence electrons. The Labute approximate surface area is 125 Å². The highest BCUT2D eigenvalue weighted by Gasteiger charge is 2.17. The van der Waals surface area contributed by atoms with E-state index < -0.39 is 4.92 Å². The Hall–Kier alpha value is -2.96. The molecule has 3 rings (SSSR count). The second-order valence-corrected chi connectivity index (χ2v) is 4.71. The van der Waals surface area contributed by atoms with Crippen molar-refractivity contribution in [2.45, 2.75) is 6.42 Å². The quantitative estimate of drug-likeness (QED) is 0.697. The Kier molecular flexibility index (Phi) is 3.69. The molecule has 0 radical (unpaired) electrons. The first-order valence-corrected chi connectivity index (χ1v) is 6.63. The number of hydrazone groups is 1. The molecular formula is C15H12FN3O3. The largest absolute Gasteiger partial charge is 0.492 e. The van der Waals surface area contributed by atoms with Crippen LogP contribution in [0, 0.1) is 15.9 Å². The standard InChI is InChI=1S/C15H12FN3O3/c16-10-1-6-15-13(9-10)14(7-8-22-15)18-17-11-2-4-12(5-3-11)19(20)21/h1-6,9,17H,7-8H2. The molecule has 1 aliphatic rings. The van der Waals surface area contributed by atoms with Gasteiger partial charge in [-0.05, 0) is 30.3 Å². The number of halogens is 1. The summed E-state index contributed by atoms with van der Waals surface area (Å²) in [7, 11) is 0. The lowest BCUT2D eigenvalue weighted by Gasteiger charge is -2.19. The normalized spacial score (nSPS) is 15.0. The van der Waals surface area contributed by atoms with Crippen molar-refractivity contribution in [3.63, 3.8) is 0 Å². The number of rotatable bonds is 3. The van der Waals surface area contributed by atoms with Crippen LogP contribution in [0.1, 0.15) is 12.0 Å². The highest BCUT2D eigenvalue weighted by molar-refractivity contribution is 6.04. The summed E-state index contributed by atoms with van der Waals surface area (Å²) in [4.78, 5) is 10.1. The fourth-order valence-corrected chi connectivity index (χ4v) is 2.15. The number of ether oxygens (including phenoxy) is 1. The van der Waals surface area contributed by atoms with Crippen LogP contribution in [0.5, 0.6) is 5.75 Å². The van der Waals surface area contributed by atoms with Crippen molar-refractivity contribution in [1.29, 1.82) is 0 Å². The summed E-state index contributed by atoms with van der Waals surface area (Å²) in [5, 5.41) is 14.9. The van der Waals surface area contributed by atoms with Gasteiger partial charge in [0, 0.05) is 24.1 Å². The number of nitrogens with one attached hydrogen (secondary N) is 1. The van der Waals surface area contributed by atoms with Crippen LogP contribution in [0.2, 0.25) is 0 Å². The Bertz CT molecular complexity index is 744. The van der Waals surface area contributed by atoms with Crippen molar-refractivity contribution in [2.24, 2.45) is 5.10 Å². The fraction of sp³-hybridized carbons (Fsp3) is 0.133. The fourth-order valence-electron chi connectivity index (χ4n) is 2.15. The van der Waals surface area contributed by atoms with E-state index in [0.29, 0.717) is 35.7 Å². The van der Waals surface area contributed by atoms with Crippen molar-refractivity contribution < 1.29 is 14.1 Å². The van der Waals surface area contributed by atoms with Gasteiger partial charge in [-0.25, -0.2) is 4.39 Å². The van der Waals surface area contributed by atoms with Gasteiger partial charge < -0.3 is 4.74 Å². The second-order valence-electron chi connectivity index (χ2n) is 4.71. The lowest BCUT2D eigenvalue weighted by atomic mass is 10.0. The first kappa shape index (κ1) is 14.0. The number of anilines is 1. The van der Waals surface area contributed by atoms with Gasteiger partial charge in [-0.3, -0.25) is 15.5 Å². The summed E-state index contributed by atoms with van der Waals surface area (Å²) in [6.07, 6.45) is 0.552. The van der Waals surface area contributed by atoms with Crippen LogP contribution in [-0.4, -0.2) is 17.2 Å². The summed E-state index contributed by atoms with van der Waals surface area (Å²) in [5.74, 6) is 0.240. The first-order valence-electron chi connectivity index (χ1n) is 6.63. The Balaban J connectivity index is 1.82. The minimum atomic E-state index is -0.465. The highest BCUT2D eigenvalue weighted by Crippen LogP contribution is 2.26. The molecular weight excluding hydrogens is 289 g/mol. The monoisotopic (exact) mass is 301 g/mol. The summed E-state index contributed by atoms with van der Waals surface area (Å²) in [6, 6.07) is 10.2. The average Bonchev–Trinajstić information content (AvgIpc) is 2.53. The molecule has 0 saturated carbocycles. The number of non-ortho nitro benzene ring substituents is 1. The van der Waals surface area contributed by atoms with E-state index in [1.807, 2.05) is 0 Å². The van der Waals surface area contributed by atoms with E-state index in [4.69, 9.17) is 4.74 Å². The second kappa shape index (κ2) is 5.80. The van der Waals surface area contributed by atoms with Crippen LogP contribution in [0.3, 0.4) is 0 Å². The third-order valence-corrected chi connectivity index (χ3v) is 3.25.